The van der Waals surface area contributed by atoms with E-state index in [-0.39, 0.29) is 0 Å². The van der Waals surface area contributed by atoms with E-state index in [4.69, 9.17) is 0 Å². The minimum absolute atomic E-state index is 0.552. The molecule has 0 aliphatic heterocycles. The van der Waals surface area contributed by atoms with Crippen LogP contribution in [0.15, 0.2) is 121 Å². The summed E-state index contributed by atoms with van der Waals surface area (Å²) in [6.07, 6.45) is 0. The SMILES string of the molecule is N#Cc1ccccc1-c1cc(-c2ccc3sc4ccccc4c3c2)cc(-c2ccc3c(c2)sc2ccccc23)c1C#N. The summed E-state index contributed by atoms with van der Waals surface area (Å²) in [5, 5.41) is 25.5. The molecule has 0 saturated carbocycles. The van der Waals surface area contributed by atoms with E-state index in [1.165, 1.54) is 40.3 Å². The maximum Gasteiger partial charge on any atom is 0.100 e. The van der Waals surface area contributed by atoms with Crippen molar-refractivity contribution >= 4 is 63.0 Å². The molecule has 2 heterocycles. The third-order valence-electron chi connectivity index (χ3n) is 7.99. The average Bonchev–Trinajstić information content (AvgIpc) is 3.61. The van der Waals surface area contributed by atoms with Crippen LogP contribution in [0.1, 0.15) is 11.1 Å². The Balaban J connectivity index is 1.41. The number of benzene rings is 6. The van der Waals surface area contributed by atoms with Gasteiger partial charge in [-0.05, 0) is 65.2 Å². The number of rotatable bonds is 3. The van der Waals surface area contributed by atoms with Gasteiger partial charge in [0, 0.05) is 57.0 Å². The minimum Gasteiger partial charge on any atom is -0.192 e. The normalized spacial score (nSPS) is 11.3. The highest BCUT2D eigenvalue weighted by molar-refractivity contribution is 7.26. The molecule has 0 bridgehead atoms. The minimum atomic E-state index is 0.552. The van der Waals surface area contributed by atoms with E-state index in [9.17, 15) is 10.5 Å². The van der Waals surface area contributed by atoms with Gasteiger partial charge in [-0.15, -0.1) is 22.7 Å². The highest BCUT2D eigenvalue weighted by atomic mass is 32.1. The lowest BCUT2D eigenvalue weighted by Gasteiger charge is -2.15. The first-order valence-corrected chi connectivity index (χ1v) is 15.3. The number of nitrogens with zero attached hydrogens (tertiary/aromatic N) is 2. The molecule has 4 heteroatoms. The van der Waals surface area contributed by atoms with Gasteiger partial charge >= 0.3 is 0 Å². The van der Waals surface area contributed by atoms with Crippen LogP contribution in [-0.2, 0) is 0 Å². The monoisotopic (exact) mass is 568 g/mol. The molecule has 0 radical (unpaired) electrons. The summed E-state index contributed by atoms with van der Waals surface area (Å²) in [6.45, 7) is 0. The summed E-state index contributed by atoms with van der Waals surface area (Å²) in [4.78, 5) is 0. The number of nitriles is 2. The van der Waals surface area contributed by atoms with Gasteiger partial charge in [0.15, 0.2) is 0 Å². The molecule has 42 heavy (non-hydrogen) atoms. The van der Waals surface area contributed by atoms with Gasteiger partial charge in [-0.3, -0.25) is 0 Å². The predicted octanol–water partition coefficient (Wildman–Crippen LogP) is 11.2. The summed E-state index contributed by atoms with van der Waals surface area (Å²) in [7, 11) is 0. The molecule has 0 fully saturated rings. The van der Waals surface area contributed by atoms with Crippen molar-refractivity contribution < 1.29 is 0 Å². The Hall–Kier alpha value is -5.26. The first kappa shape index (κ1) is 24.5. The van der Waals surface area contributed by atoms with Gasteiger partial charge < -0.3 is 0 Å². The summed E-state index contributed by atoms with van der Waals surface area (Å²) in [5.74, 6) is 0. The number of thiophene rings is 2. The van der Waals surface area contributed by atoms with Crippen molar-refractivity contribution in [3.8, 4) is 45.5 Å². The van der Waals surface area contributed by atoms with Crippen LogP contribution in [0.25, 0.3) is 73.7 Å². The smallest absolute Gasteiger partial charge is 0.100 e. The molecule has 0 spiro atoms. The molecule has 8 rings (SSSR count). The lowest BCUT2D eigenvalue weighted by atomic mass is 9.86. The van der Waals surface area contributed by atoms with E-state index in [1.807, 2.05) is 24.3 Å². The summed E-state index contributed by atoms with van der Waals surface area (Å²) >= 11 is 3.57. The molecule has 0 atom stereocenters. The van der Waals surface area contributed by atoms with E-state index in [1.54, 1.807) is 22.7 Å². The molecule has 0 amide bonds. The van der Waals surface area contributed by atoms with Gasteiger partial charge in [0.25, 0.3) is 0 Å². The quantitative estimate of drug-likeness (QED) is 0.213. The third-order valence-corrected chi connectivity index (χ3v) is 10.3. The topological polar surface area (TPSA) is 47.6 Å². The number of hydrogen-bond donors (Lipinski definition) is 0. The third kappa shape index (κ3) is 3.82. The number of fused-ring (bicyclic) bond motifs is 6. The molecule has 6 aromatic carbocycles. The standard InChI is InChI=1S/C38H20N2S2/c39-21-25-7-1-2-8-27(25)32-19-26(23-14-16-37-33(17-23)29-10-4-6-12-36(29)41-37)18-31(34(32)22-40)24-13-15-30-28-9-3-5-11-35(28)42-38(30)20-24/h1-20H. The Bertz CT molecular complexity index is 2450. The molecular formula is C38H20N2S2. The lowest BCUT2D eigenvalue weighted by Crippen LogP contribution is -1.94. The van der Waals surface area contributed by atoms with Crippen molar-refractivity contribution in [1.29, 1.82) is 10.5 Å². The van der Waals surface area contributed by atoms with Crippen molar-refractivity contribution in [2.75, 3.05) is 0 Å². The van der Waals surface area contributed by atoms with E-state index in [2.05, 4.69) is 109 Å². The predicted molar refractivity (Wildman–Crippen MR) is 178 cm³/mol. The van der Waals surface area contributed by atoms with Crippen LogP contribution in [0.3, 0.4) is 0 Å². The van der Waals surface area contributed by atoms with Crippen LogP contribution in [0.5, 0.6) is 0 Å². The molecule has 0 aliphatic carbocycles. The zero-order valence-electron chi connectivity index (χ0n) is 22.3. The average molecular weight is 569 g/mol. The summed E-state index contributed by atoms with van der Waals surface area (Å²) in [6, 6.07) is 46.7. The van der Waals surface area contributed by atoms with Gasteiger partial charge in [0.05, 0.1) is 17.2 Å². The Morgan fingerprint density at radius 3 is 1.81 bits per heavy atom. The second kappa shape index (κ2) is 9.68. The first-order valence-electron chi connectivity index (χ1n) is 13.6. The van der Waals surface area contributed by atoms with Crippen LogP contribution in [0.4, 0.5) is 0 Å². The van der Waals surface area contributed by atoms with Crippen molar-refractivity contribution in [3.63, 3.8) is 0 Å². The summed E-state index contributed by atoms with van der Waals surface area (Å²) < 4.78 is 4.96. The second-order valence-corrected chi connectivity index (χ2v) is 12.5. The van der Waals surface area contributed by atoms with Gasteiger partial charge in [-0.25, -0.2) is 0 Å². The van der Waals surface area contributed by atoms with Crippen molar-refractivity contribution in [2.24, 2.45) is 0 Å². The molecule has 0 aliphatic rings. The second-order valence-electron chi connectivity index (χ2n) is 10.3. The highest BCUT2D eigenvalue weighted by Gasteiger charge is 2.19. The van der Waals surface area contributed by atoms with Crippen LogP contribution < -0.4 is 0 Å². The molecule has 2 aromatic heterocycles. The maximum atomic E-state index is 10.6. The molecular weight excluding hydrogens is 549 g/mol. The largest absolute Gasteiger partial charge is 0.192 e. The van der Waals surface area contributed by atoms with Crippen LogP contribution in [-0.4, -0.2) is 0 Å². The Morgan fingerprint density at radius 1 is 0.405 bits per heavy atom. The van der Waals surface area contributed by atoms with Crippen LogP contribution in [0.2, 0.25) is 0 Å². The molecule has 0 unspecified atom stereocenters. The highest BCUT2D eigenvalue weighted by Crippen LogP contribution is 2.42. The Labute approximate surface area is 250 Å². The maximum absolute atomic E-state index is 10.6. The van der Waals surface area contributed by atoms with Gasteiger partial charge in [0.2, 0.25) is 0 Å². The van der Waals surface area contributed by atoms with Gasteiger partial charge in [-0.2, -0.15) is 10.5 Å². The zero-order chi connectivity index (χ0) is 28.2. The van der Waals surface area contributed by atoms with Crippen LogP contribution >= 0.6 is 22.7 Å². The van der Waals surface area contributed by atoms with E-state index >= 15 is 0 Å². The zero-order valence-corrected chi connectivity index (χ0v) is 23.9. The fourth-order valence-electron chi connectivity index (χ4n) is 5.98. The lowest BCUT2D eigenvalue weighted by molar-refractivity contribution is 1.45. The molecule has 8 aromatic rings. The van der Waals surface area contributed by atoms with Crippen LogP contribution in [0, 0.1) is 22.7 Å². The molecule has 0 saturated heterocycles. The van der Waals surface area contributed by atoms with Gasteiger partial charge in [-0.1, -0.05) is 72.8 Å². The Kier molecular flexibility index (Phi) is 5.66. The molecule has 194 valence electrons. The van der Waals surface area contributed by atoms with Crippen molar-refractivity contribution in [2.45, 2.75) is 0 Å². The fraction of sp³-hybridized carbons (Fsp3) is 0. The fourth-order valence-corrected chi connectivity index (χ4v) is 8.22. The summed E-state index contributed by atoms with van der Waals surface area (Å²) in [5.41, 5.74) is 6.62. The molecule has 2 nitrogen and oxygen atoms in total. The number of hydrogen-bond acceptors (Lipinski definition) is 4. The van der Waals surface area contributed by atoms with E-state index in [0.717, 1.165) is 33.4 Å². The van der Waals surface area contributed by atoms with Gasteiger partial charge in [0.1, 0.15) is 6.07 Å². The first-order chi connectivity index (χ1) is 20.7. The van der Waals surface area contributed by atoms with E-state index in [0.29, 0.717) is 11.1 Å². The molecule has 0 N–H and O–H groups in total. The van der Waals surface area contributed by atoms with Crippen molar-refractivity contribution in [1.82, 2.24) is 0 Å². The van der Waals surface area contributed by atoms with Crippen molar-refractivity contribution in [3.05, 3.63) is 132 Å². The Morgan fingerprint density at radius 2 is 1.02 bits per heavy atom. The van der Waals surface area contributed by atoms with E-state index < -0.39 is 0 Å².